The third-order valence-electron chi connectivity index (χ3n) is 3.05. The SMILES string of the molecule is CCOc1ccc(-c2c(C)nn(C)c2CN)cc1F. The second-order valence-corrected chi connectivity index (χ2v) is 4.31. The van der Waals surface area contributed by atoms with Crippen LogP contribution in [0.3, 0.4) is 0 Å². The number of aromatic nitrogens is 2. The molecule has 1 aromatic heterocycles. The summed E-state index contributed by atoms with van der Waals surface area (Å²) >= 11 is 0. The summed E-state index contributed by atoms with van der Waals surface area (Å²) < 4.78 is 20.8. The first-order chi connectivity index (χ1) is 9.08. The third kappa shape index (κ3) is 2.46. The molecule has 0 atom stereocenters. The molecule has 1 heterocycles. The van der Waals surface area contributed by atoms with Crippen LogP contribution in [0.15, 0.2) is 18.2 Å². The number of ether oxygens (including phenoxy) is 1. The van der Waals surface area contributed by atoms with Crippen LogP contribution in [-0.2, 0) is 13.6 Å². The summed E-state index contributed by atoms with van der Waals surface area (Å²) in [5, 5.41) is 4.33. The molecule has 0 spiro atoms. The van der Waals surface area contributed by atoms with E-state index in [0.29, 0.717) is 13.2 Å². The predicted octanol–water partition coefficient (Wildman–Crippen LogP) is 2.39. The molecule has 0 aliphatic carbocycles. The molecule has 5 heteroatoms. The van der Waals surface area contributed by atoms with Gasteiger partial charge < -0.3 is 10.5 Å². The van der Waals surface area contributed by atoms with E-state index >= 15 is 0 Å². The molecule has 0 amide bonds. The van der Waals surface area contributed by atoms with Crippen LogP contribution in [0.2, 0.25) is 0 Å². The lowest BCUT2D eigenvalue weighted by Gasteiger charge is -2.08. The molecule has 2 rings (SSSR count). The molecular weight excluding hydrogens is 245 g/mol. The minimum Gasteiger partial charge on any atom is -0.491 e. The van der Waals surface area contributed by atoms with Crippen LogP contribution in [0, 0.1) is 12.7 Å². The first-order valence-corrected chi connectivity index (χ1v) is 6.23. The van der Waals surface area contributed by atoms with Crippen LogP contribution in [0.25, 0.3) is 11.1 Å². The highest BCUT2D eigenvalue weighted by Crippen LogP contribution is 2.30. The first kappa shape index (κ1) is 13.5. The minimum absolute atomic E-state index is 0.266. The van der Waals surface area contributed by atoms with Crippen molar-refractivity contribution in [3.63, 3.8) is 0 Å². The van der Waals surface area contributed by atoms with Crippen LogP contribution in [-0.4, -0.2) is 16.4 Å². The Kier molecular flexibility index (Phi) is 3.85. The van der Waals surface area contributed by atoms with Gasteiger partial charge in [-0.05, 0) is 31.5 Å². The van der Waals surface area contributed by atoms with Gasteiger partial charge >= 0.3 is 0 Å². The summed E-state index contributed by atoms with van der Waals surface area (Å²) in [6, 6.07) is 4.94. The maximum absolute atomic E-state index is 13.9. The zero-order valence-corrected chi connectivity index (χ0v) is 11.4. The van der Waals surface area contributed by atoms with Crippen molar-refractivity contribution in [2.24, 2.45) is 12.8 Å². The van der Waals surface area contributed by atoms with E-state index in [1.54, 1.807) is 10.7 Å². The molecule has 2 N–H and O–H groups in total. The summed E-state index contributed by atoms with van der Waals surface area (Å²) in [6.07, 6.45) is 0. The Balaban J connectivity index is 2.51. The van der Waals surface area contributed by atoms with Gasteiger partial charge in [0, 0.05) is 19.2 Å². The van der Waals surface area contributed by atoms with Gasteiger partial charge in [-0.2, -0.15) is 5.10 Å². The van der Waals surface area contributed by atoms with Gasteiger partial charge in [0.1, 0.15) is 0 Å². The summed E-state index contributed by atoms with van der Waals surface area (Å²) in [4.78, 5) is 0. The van der Waals surface area contributed by atoms with E-state index in [1.165, 1.54) is 6.07 Å². The molecule has 0 aliphatic heterocycles. The summed E-state index contributed by atoms with van der Waals surface area (Å²) in [5.41, 5.74) is 9.13. The molecule has 0 bridgehead atoms. The topological polar surface area (TPSA) is 53.1 Å². The monoisotopic (exact) mass is 263 g/mol. The molecule has 0 saturated carbocycles. The Hall–Kier alpha value is -1.88. The lowest BCUT2D eigenvalue weighted by Crippen LogP contribution is -2.05. The highest BCUT2D eigenvalue weighted by molar-refractivity contribution is 5.69. The highest BCUT2D eigenvalue weighted by Gasteiger charge is 2.15. The van der Waals surface area contributed by atoms with E-state index < -0.39 is 0 Å². The second kappa shape index (κ2) is 5.40. The van der Waals surface area contributed by atoms with E-state index in [4.69, 9.17) is 10.5 Å². The van der Waals surface area contributed by atoms with Gasteiger partial charge in [-0.3, -0.25) is 4.68 Å². The average Bonchev–Trinajstić information content (AvgIpc) is 2.66. The minimum atomic E-state index is -0.370. The van der Waals surface area contributed by atoms with E-state index in [1.807, 2.05) is 27.0 Å². The fraction of sp³-hybridized carbons (Fsp3) is 0.357. The van der Waals surface area contributed by atoms with Crippen molar-refractivity contribution >= 4 is 0 Å². The lowest BCUT2D eigenvalue weighted by molar-refractivity contribution is 0.321. The van der Waals surface area contributed by atoms with E-state index in [2.05, 4.69) is 5.10 Å². The van der Waals surface area contributed by atoms with Gasteiger partial charge in [-0.1, -0.05) is 6.07 Å². The number of hydrogen-bond acceptors (Lipinski definition) is 3. The number of rotatable bonds is 4. The summed E-state index contributed by atoms with van der Waals surface area (Å²) in [6.45, 7) is 4.52. The summed E-state index contributed by atoms with van der Waals surface area (Å²) in [7, 11) is 1.84. The number of halogens is 1. The van der Waals surface area contributed by atoms with Crippen molar-refractivity contribution in [3.8, 4) is 16.9 Å². The maximum Gasteiger partial charge on any atom is 0.165 e. The van der Waals surface area contributed by atoms with Crippen LogP contribution < -0.4 is 10.5 Å². The van der Waals surface area contributed by atoms with Crippen LogP contribution in [0.5, 0.6) is 5.75 Å². The van der Waals surface area contributed by atoms with Gasteiger partial charge in [0.25, 0.3) is 0 Å². The number of hydrogen-bond donors (Lipinski definition) is 1. The Morgan fingerprint density at radius 3 is 2.74 bits per heavy atom. The molecular formula is C14H18FN3O. The zero-order chi connectivity index (χ0) is 14.0. The number of benzene rings is 1. The third-order valence-corrected chi connectivity index (χ3v) is 3.05. The van der Waals surface area contributed by atoms with Gasteiger partial charge in [0.15, 0.2) is 11.6 Å². The molecule has 19 heavy (non-hydrogen) atoms. The van der Waals surface area contributed by atoms with Crippen molar-refractivity contribution in [2.75, 3.05) is 6.61 Å². The molecule has 0 saturated heterocycles. The Bertz CT molecular complexity index is 593. The van der Waals surface area contributed by atoms with Crippen LogP contribution in [0.4, 0.5) is 4.39 Å². The molecule has 1 aromatic carbocycles. The number of aryl methyl sites for hydroxylation is 2. The lowest BCUT2D eigenvalue weighted by atomic mass is 10.0. The molecule has 0 unspecified atom stereocenters. The van der Waals surface area contributed by atoms with Crippen molar-refractivity contribution in [1.82, 2.24) is 9.78 Å². The largest absolute Gasteiger partial charge is 0.491 e. The zero-order valence-electron chi connectivity index (χ0n) is 11.4. The van der Waals surface area contributed by atoms with Gasteiger partial charge in [-0.15, -0.1) is 0 Å². The molecule has 0 aliphatic rings. The fourth-order valence-corrected chi connectivity index (χ4v) is 2.24. The molecule has 4 nitrogen and oxygen atoms in total. The van der Waals surface area contributed by atoms with Crippen molar-refractivity contribution in [2.45, 2.75) is 20.4 Å². The van der Waals surface area contributed by atoms with Crippen molar-refractivity contribution in [1.29, 1.82) is 0 Å². The quantitative estimate of drug-likeness (QED) is 0.921. The van der Waals surface area contributed by atoms with Crippen molar-refractivity contribution < 1.29 is 9.13 Å². The molecule has 102 valence electrons. The smallest absolute Gasteiger partial charge is 0.165 e. The van der Waals surface area contributed by atoms with Crippen molar-refractivity contribution in [3.05, 3.63) is 35.4 Å². The van der Waals surface area contributed by atoms with Crippen LogP contribution in [0.1, 0.15) is 18.3 Å². The maximum atomic E-state index is 13.9. The Morgan fingerprint density at radius 2 is 2.16 bits per heavy atom. The normalized spacial score (nSPS) is 10.8. The van der Waals surface area contributed by atoms with Gasteiger partial charge in [0.2, 0.25) is 0 Å². The Labute approximate surface area is 112 Å². The predicted molar refractivity (Wildman–Crippen MR) is 72.4 cm³/mol. The highest BCUT2D eigenvalue weighted by atomic mass is 19.1. The van der Waals surface area contributed by atoms with E-state index in [9.17, 15) is 4.39 Å². The van der Waals surface area contributed by atoms with Gasteiger partial charge in [0.05, 0.1) is 18.0 Å². The van der Waals surface area contributed by atoms with Gasteiger partial charge in [-0.25, -0.2) is 4.39 Å². The standard InChI is InChI=1S/C14H18FN3O/c1-4-19-13-6-5-10(7-11(13)15)14-9(2)17-18(3)12(14)8-16/h5-7H,4,8,16H2,1-3H3. The summed E-state index contributed by atoms with van der Waals surface area (Å²) in [5.74, 6) is -0.104. The van der Waals surface area contributed by atoms with E-state index in [0.717, 1.165) is 22.5 Å². The first-order valence-electron chi connectivity index (χ1n) is 6.23. The fourth-order valence-electron chi connectivity index (χ4n) is 2.24. The van der Waals surface area contributed by atoms with E-state index in [-0.39, 0.29) is 11.6 Å². The average molecular weight is 263 g/mol. The molecule has 0 radical (unpaired) electrons. The molecule has 0 fully saturated rings. The molecule has 2 aromatic rings. The second-order valence-electron chi connectivity index (χ2n) is 4.31. The number of nitrogens with two attached hydrogens (primary N) is 1. The van der Waals surface area contributed by atoms with Crippen LogP contribution >= 0.6 is 0 Å². The number of nitrogens with zero attached hydrogens (tertiary/aromatic N) is 2. The Morgan fingerprint density at radius 1 is 1.42 bits per heavy atom.